The number of hydrogen-bond acceptors (Lipinski definition) is 2. The first-order chi connectivity index (χ1) is 13.1. The molecule has 0 radical (unpaired) electrons. The molecule has 0 amide bonds. The average molecular weight is 356 g/mol. The molecule has 0 spiro atoms. The minimum absolute atomic E-state index is 0.685. The van der Waals surface area contributed by atoms with Crippen molar-refractivity contribution in [1.82, 2.24) is 9.47 Å². The maximum absolute atomic E-state index is 12.2. The number of rotatable bonds is 5. The molecule has 0 saturated heterocycles. The first-order valence-corrected chi connectivity index (χ1v) is 9.17. The van der Waals surface area contributed by atoms with Crippen LogP contribution in [0.5, 0.6) is 0 Å². The first kappa shape index (κ1) is 17.5. The third-order valence-electron chi connectivity index (χ3n) is 4.99. The van der Waals surface area contributed by atoms with Gasteiger partial charge in [-0.25, -0.2) is 0 Å². The van der Waals surface area contributed by atoms with Gasteiger partial charge in [0.2, 0.25) is 0 Å². The summed E-state index contributed by atoms with van der Waals surface area (Å²) in [6.07, 6.45) is 0. The normalized spacial score (nSPS) is 12.0. The highest BCUT2D eigenvalue weighted by Crippen LogP contribution is 2.39. The maximum Gasteiger partial charge on any atom is 0.155 e. The van der Waals surface area contributed by atoms with Gasteiger partial charge < -0.3 is 9.67 Å². The van der Waals surface area contributed by atoms with Crippen LogP contribution in [0.15, 0.2) is 91.0 Å². The molecule has 1 heterocycles. The molecule has 3 aromatic carbocycles. The Labute approximate surface area is 160 Å². The highest BCUT2D eigenvalue weighted by Gasteiger charge is 2.37. The molecule has 136 valence electrons. The van der Waals surface area contributed by atoms with Crippen LogP contribution in [0, 0.1) is 0 Å². The number of hydrogen-bond donors (Lipinski definition) is 1. The molecule has 0 saturated carbocycles. The highest BCUT2D eigenvalue weighted by atomic mass is 16.3. The molecule has 0 atom stereocenters. The fraction of sp³-hybridized carbons (Fsp3) is 0.167. The van der Waals surface area contributed by atoms with E-state index >= 15 is 0 Å². The maximum atomic E-state index is 12.2. The van der Waals surface area contributed by atoms with Gasteiger partial charge in [0.1, 0.15) is 0 Å². The average Bonchev–Trinajstić information content (AvgIpc) is 3.07. The minimum atomic E-state index is -1.24. The molecule has 27 heavy (non-hydrogen) atoms. The van der Waals surface area contributed by atoms with Crippen molar-refractivity contribution in [3.05, 3.63) is 108 Å². The second-order valence-electron chi connectivity index (χ2n) is 7.18. The number of benzene rings is 3. The number of para-hydroxylation sites is 1. The van der Waals surface area contributed by atoms with Gasteiger partial charge in [0.15, 0.2) is 5.60 Å². The first-order valence-electron chi connectivity index (χ1n) is 9.17. The molecule has 0 fully saturated rings. The smallest absolute Gasteiger partial charge is 0.155 e. The molecule has 3 nitrogen and oxygen atoms in total. The molecule has 0 aliphatic heterocycles. The quantitative estimate of drug-likeness (QED) is 0.572. The second-order valence-corrected chi connectivity index (χ2v) is 7.18. The Bertz CT molecular complexity index is 996. The van der Waals surface area contributed by atoms with Crippen molar-refractivity contribution in [2.45, 2.75) is 12.3 Å². The predicted octanol–water partition coefficient (Wildman–Crippen LogP) is 4.44. The third kappa shape index (κ3) is 3.05. The summed E-state index contributed by atoms with van der Waals surface area (Å²) in [5.74, 6) is 0. The van der Waals surface area contributed by atoms with Crippen LogP contribution in [-0.2, 0) is 12.3 Å². The Morgan fingerprint density at radius 2 is 1.30 bits per heavy atom. The van der Waals surface area contributed by atoms with Crippen molar-refractivity contribution in [1.29, 1.82) is 0 Å². The van der Waals surface area contributed by atoms with Crippen molar-refractivity contribution < 1.29 is 5.11 Å². The summed E-state index contributed by atoms with van der Waals surface area (Å²) in [7, 11) is 4.09. The molecule has 1 N–H and O–H groups in total. The van der Waals surface area contributed by atoms with Crippen molar-refractivity contribution in [2.24, 2.45) is 0 Å². The fourth-order valence-corrected chi connectivity index (χ4v) is 3.77. The Kier molecular flexibility index (Phi) is 4.56. The summed E-state index contributed by atoms with van der Waals surface area (Å²) < 4.78 is 2.20. The van der Waals surface area contributed by atoms with Gasteiger partial charge in [0.25, 0.3) is 0 Å². The fourth-order valence-electron chi connectivity index (χ4n) is 3.77. The number of aromatic nitrogens is 1. The van der Waals surface area contributed by atoms with Crippen LogP contribution in [0.2, 0.25) is 0 Å². The van der Waals surface area contributed by atoms with Gasteiger partial charge in [-0.1, -0.05) is 78.9 Å². The second kappa shape index (κ2) is 7.03. The number of aliphatic hydroxyl groups is 1. The van der Waals surface area contributed by atoms with Gasteiger partial charge in [0, 0.05) is 10.9 Å². The van der Waals surface area contributed by atoms with Crippen LogP contribution in [0.1, 0.15) is 16.8 Å². The summed E-state index contributed by atoms with van der Waals surface area (Å²) in [5.41, 5.74) is 2.47. The SMILES string of the molecule is CN(C)Cn1c(C(O)(c2ccccc2)c2ccccc2)cc2ccccc21. The van der Waals surface area contributed by atoms with Crippen LogP contribution in [0.4, 0.5) is 0 Å². The Balaban J connectivity index is 2.05. The molecule has 3 heteroatoms. The van der Waals surface area contributed by atoms with Crippen LogP contribution >= 0.6 is 0 Å². The Hall–Kier alpha value is -2.88. The molecule has 4 rings (SSSR count). The van der Waals surface area contributed by atoms with E-state index in [1.165, 1.54) is 0 Å². The topological polar surface area (TPSA) is 28.4 Å². The Morgan fingerprint density at radius 3 is 1.85 bits per heavy atom. The largest absolute Gasteiger partial charge is 0.375 e. The lowest BCUT2D eigenvalue weighted by Crippen LogP contribution is -2.33. The molecule has 4 aromatic rings. The van der Waals surface area contributed by atoms with E-state index in [4.69, 9.17) is 0 Å². The lowest BCUT2D eigenvalue weighted by molar-refractivity contribution is 0.113. The van der Waals surface area contributed by atoms with Crippen LogP contribution < -0.4 is 0 Å². The van der Waals surface area contributed by atoms with E-state index in [9.17, 15) is 5.11 Å². The lowest BCUT2D eigenvalue weighted by atomic mass is 9.83. The summed E-state index contributed by atoms with van der Waals surface area (Å²) in [6, 6.07) is 30.2. The zero-order chi connectivity index (χ0) is 18.9. The zero-order valence-electron chi connectivity index (χ0n) is 15.7. The summed E-state index contributed by atoms with van der Waals surface area (Å²) in [6.45, 7) is 0.685. The molecule has 0 aliphatic carbocycles. The lowest BCUT2D eigenvalue weighted by Gasteiger charge is -2.32. The molecule has 0 bridgehead atoms. The van der Waals surface area contributed by atoms with E-state index in [1.807, 2.05) is 86.9 Å². The van der Waals surface area contributed by atoms with Gasteiger partial charge in [-0.05, 0) is 37.4 Å². The van der Waals surface area contributed by atoms with Crippen LogP contribution in [-0.4, -0.2) is 28.7 Å². The zero-order valence-corrected chi connectivity index (χ0v) is 15.7. The standard InChI is InChI=1S/C24H24N2O/c1-25(2)18-26-22-16-10-9-11-19(22)17-23(26)24(27,20-12-5-3-6-13-20)21-14-7-4-8-15-21/h3-17,27H,18H2,1-2H3. The summed E-state index contributed by atoms with van der Waals surface area (Å²) >= 11 is 0. The monoisotopic (exact) mass is 356 g/mol. The van der Waals surface area contributed by atoms with Gasteiger partial charge >= 0.3 is 0 Å². The van der Waals surface area contributed by atoms with Gasteiger partial charge in [-0.3, -0.25) is 4.90 Å². The van der Waals surface area contributed by atoms with E-state index in [1.54, 1.807) is 0 Å². The van der Waals surface area contributed by atoms with E-state index in [0.717, 1.165) is 27.7 Å². The number of fused-ring (bicyclic) bond motifs is 1. The molecular formula is C24H24N2O. The van der Waals surface area contributed by atoms with Crippen molar-refractivity contribution >= 4 is 10.9 Å². The van der Waals surface area contributed by atoms with E-state index in [0.29, 0.717) is 6.67 Å². The minimum Gasteiger partial charge on any atom is -0.375 e. The predicted molar refractivity (Wildman–Crippen MR) is 111 cm³/mol. The molecular weight excluding hydrogens is 332 g/mol. The summed E-state index contributed by atoms with van der Waals surface area (Å²) in [5, 5.41) is 13.3. The molecule has 0 aliphatic rings. The van der Waals surface area contributed by atoms with Crippen molar-refractivity contribution in [3.63, 3.8) is 0 Å². The van der Waals surface area contributed by atoms with E-state index in [-0.39, 0.29) is 0 Å². The Morgan fingerprint density at radius 1 is 0.778 bits per heavy atom. The van der Waals surface area contributed by atoms with Gasteiger partial charge in [-0.15, -0.1) is 0 Å². The number of nitrogens with zero attached hydrogens (tertiary/aromatic N) is 2. The van der Waals surface area contributed by atoms with E-state index < -0.39 is 5.60 Å². The van der Waals surface area contributed by atoms with Crippen LogP contribution in [0.25, 0.3) is 10.9 Å². The van der Waals surface area contributed by atoms with Gasteiger partial charge in [-0.2, -0.15) is 0 Å². The highest BCUT2D eigenvalue weighted by molar-refractivity contribution is 5.82. The van der Waals surface area contributed by atoms with Crippen molar-refractivity contribution in [2.75, 3.05) is 14.1 Å². The van der Waals surface area contributed by atoms with E-state index in [2.05, 4.69) is 27.7 Å². The third-order valence-corrected chi connectivity index (χ3v) is 4.99. The van der Waals surface area contributed by atoms with Crippen LogP contribution in [0.3, 0.4) is 0 Å². The molecule has 1 aromatic heterocycles. The van der Waals surface area contributed by atoms with Crippen molar-refractivity contribution in [3.8, 4) is 0 Å². The summed E-state index contributed by atoms with van der Waals surface area (Å²) in [4.78, 5) is 2.12. The van der Waals surface area contributed by atoms with Gasteiger partial charge in [0.05, 0.1) is 12.4 Å². The molecule has 0 unspecified atom stereocenters.